The SMILES string of the molecule is COc1ccc2c(C)cc(=O)n(CC=O)c2c1. The van der Waals surface area contributed by atoms with Gasteiger partial charge < -0.3 is 14.1 Å². The Labute approximate surface area is 98.4 Å². The Morgan fingerprint density at radius 2 is 2.12 bits per heavy atom. The standard InChI is InChI=1S/C13H13NO3/c1-9-7-13(16)14(5-6-15)12-8-10(17-2)3-4-11(9)12/h3-4,6-8H,5H2,1-2H3. The van der Waals surface area contributed by atoms with Gasteiger partial charge in [0.05, 0.1) is 19.2 Å². The van der Waals surface area contributed by atoms with E-state index in [0.717, 1.165) is 22.8 Å². The van der Waals surface area contributed by atoms with Gasteiger partial charge in [-0.15, -0.1) is 0 Å². The van der Waals surface area contributed by atoms with Crippen LogP contribution >= 0.6 is 0 Å². The van der Waals surface area contributed by atoms with E-state index in [9.17, 15) is 9.59 Å². The van der Waals surface area contributed by atoms with Crippen molar-refractivity contribution in [3.8, 4) is 5.75 Å². The first kappa shape index (κ1) is 11.4. The van der Waals surface area contributed by atoms with Crippen LogP contribution in [0.3, 0.4) is 0 Å². The molecule has 4 nitrogen and oxygen atoms in total. The van der Waals surface area contributed by atoms with Crippen LogP contribution in [-0.4, -0.2) is 18.0 Å². The number of aryl methyl sites for hydroxylation is 1. The minimum absolute atomic E-state index is 0.0583. The number of hydrogen-bond acceptors (Lipinski definition) is 3. The maximum absolute atomic E-state index is 11.8. The third kappa shape index (κ3) is 1.93. The zero-order valence-electron chi connectivity index (χ0n) is 9.77. The van der Waals surface area contributed by atoms with Gasteiger partial charge in [-0.3, -0.25) is 4.79 Å². The van der Waals surface area contributed by atoms with Crippen LogP contribution in [0.2, 0.25) is 0 Å². The fraction of sp³-hybridized carbons (Fsp3) is 0.231. The summed E-state index contributed by atoms with van der Waals surface area (Å²) < 4.78 is 6.57. The molecular weight excluding hydrogens is 218 g/mol. The summed E-state index contributed by atoms with van der Waals surface area (Å²) in [6.07, 6.45) is 0.718. The van der Waals surface area contributed by atoms with Crippen molar-refractivity contribution in [3.05, 3.63) is 40.2 Å². The lowest BCUT2D eigenvalue weighted by Gasteiger charge is -2.10. The molecule has 0 aliphatic heterocycles. The van der Waals surface area contributed by atoms with Crippen LogP contribution in [0.1, 0.15) is 5.56 Å². The minimum atomic E-state index is -0.171. The number of ether oxygens (including phenoxy) is 1. The number of carbonyl (C=O) groups excluding carboxylic acids is 1. The first-order valence-corrected chi connectivity index (χ1v) is 5.29. The molecule has 2 aromatic rings. The second-order valence-corrected chi connectivity index (χ2v) is 3.83. The summed E-state index contributed by atoms with van der Waals surface area (Å²) >= 11 is 0. The lowest BCUT2D eigenvalue weighted by atomic mass is 10.1. The number of benzene rings is 1. The van der Waals surface area contributed by atoms with Crippen LogP contribution in [0.5, 0.6) is 5.75 Å². The number of carbonyl (C=O) groups is 1. The summed E-state index contributed by atoms with van der Waals surface area (Å²) in [6, 6.07) is 7.04. The number of aldehydes is 1. The van der Waals surface area contributed by atoms with Crippen molar-refractivity contribution in [1.29, 1.82) is 0 Å². The van der Waals surface area contributed by atoms with Crippen molar-refractivity contribution in [1.82, 2.24) is 4.57 Å². The Bertz CT molecular complexity index is 628. The van der Waals surface area contributed by atoms with Crippen LogP contribution in [-0.2, 0) is 11.3 Å². The second-order valence-electron chi connectivity index (χ2n) is 3.83. The molecule has 1 aromatic carbocycles. The maximum Gasteiger partial charge on any atom is 0.251 e. The second kappa shape index (κ2) is 4.41. The van der Waals surface area contributed by atoms with E-state index in [-0.39, 0.29) is 12.1 Å². The van der Waals surface area contributed by atoms with Crippen molar-refractivity contribution in [2.75, 3.05) is 7.11 Å². The highest BCUT2D eigenvalue weighted by molar-refractivity contribution is 5.84. The number of nitrogens with zero attached hydrogens (tertiary/aromatic N) is 1. The zero-order valence-corrected chi connectivity index (χ0v) is 9.77. The van der Waals surface area contributed by atoms with E-state index in [0.29, 0.717) is 5.75 Å². The number of methoxy groups -OCH3 is 1. The number of fused-ring (bicyclic) bond motifs is 1. The van der Waals surface area contributed by atoms with Gasteiger partial charge in [-0.2, -0.15) is 0 Å². The van der Waals surface area contributed by atoms with Gasteiger partial charge in [0.2, 0.25) is 0 Å². The quantitative estimate of drug-likeness (QED) is 0.752. The molecule has 0 aliphatic rings. The van der Waals surface area contributed by atoms with Crippen molar-refractivity contribution < 1.29 is 9.53 Å². The summed E-state index contributed by atoms with van der Waals surface area (Å²) in [5.74, 6) is 0.669. The van der Waals surface area contributed by atoms with E-state index in [2.05, 4.69) is 0 Å². The third-order valence-electron chi connectivity index (χ3n) is 2.78. The molecule has 1 aromatic heterocycles. The van der Waals surface area contributed by atoms with Gasteiger partial charge in [-0.1, -0.05) is 0 Å². The molecule has 0 unspecified atom stereocenters. The van der Waals surface area contributed by atoms with Crippen LogP contribution in [0.25, 0.3) is 10.9 Å². The largest absolute Gasteiger partial charge is 0.497 e. The molecule has 2 rings (SSSR count). The highest BCUT2D eigenvalue weighted by atomic mass is 16.5. The Kier molecular flexibility index (Phi) is 2.95. The molecule has 0 aliphatic carbocycles. The monoisotopic (exact) mass is 231 g/mol. The van der Waals surface area contributed by atoms with E-state index >= 15 is 0 Å². The predicted molar refractivity (Wildman–Crippen MR) is 65.6 cm³/mol. The van der Waals surface area contributed by atoms with Crippen LogP contribution in [0.15, 0.2) is 29.1 Å². The number of pyridine rings is 1. The van der Waals surface area contributed by atoms with Gasteiger partial charge in [-0.25, -0.2) is 0 Å². The highest BCUT2D eigenvalue weighted by Gasteiger charge is 2.07. The van der Waals surface area contributed by atoms with Crippen molar-refractivity contribution in [2.45, 2.75) is 13.5 Å². The summed E-state index contributed by atoms with van der Waals surface area (Å²) in [4.78, 5) is 22.4. The molecule has 0 saturated heterocycles. The molecule has 17 heavy (non-hydrogen) atoms. The molecule has 0 saturated carbocycles. The van der Waals surface area contributed by atoms with Crippen molar-refractivity contribution in [3.63, 3.8) is 0 Å². The van der Waals surface area contributed by atoms with Gasteiger partial charge in [0, 0.05) is 17.5 Å². The van der Waals surface area contributed by atoms with E-state index in [4.69, 9.17) is 4.74 Å². The first-order valence-electron chi connectivity index (χ1n) is 5.29. The van der Waals surface area contributed by atoms with Crippen LogP contribution in [0.4, 0.5) is 0 Å². The molecule has 0 spiro atoms. The lowest BCUT2D eigenvalue weighted by molar-refractivity contribution is -0.108. The molecular formula is C13H13NO3. The van der Waals surface area contributed by atoms with Gasteiger partial charge in [0.25, 0.3) is 5.56 Å². The molecule has 0 radical (unpaired) electrons. The Morgan fingerprint density at radius 3 is 2.76 bits per heavy atom. The highest BCUT2D eigenvalue weighted by Crippen LogP contribution is 2.21. The minimum Gasteiger partial charge on any atom is -0.497 e. The molecule has 4 heteroatoms. The fourth-order valence-electron chi connectivity index (χ4n) is 1.92. The summed E-state index contributed by atoms with van der Waals surface area (Å²) in [6.45, 7) is 1.93. The molecule has 0 fully saturated rings. The number of hydrogen-bond donors (Lipinski definition) is 0. The van der Waals surface area contributed by atoms with Gasteiger partial charge in [0.1, 0.15) is 12.0 Å². The molecule has 0 bridgehead atoms. The molecule has 0 amide bonds. The molecule has 88 valence electrons. The van der Waals surface area contributed by atoms with E-state index < -0.39 is 0 Å². The van der Waals surface area contributed by atoms with E-state index in [1.165, 1.54) is 10.6 Å². The Hall–Kier alpha value is -2.10. The molecule has 1 heterocycles. The predicted octanol–water partition coefficient (Wildman–Crippen LogP) is 1.52. The zero-order chi connectivity index (χ0) is 12.4. The maximum atomic E-state index is 11.8. The summed E-state index contributed by atoms with van der Waals surface area (Å²) in [5.41, 5.74) is 1.45. The normalized spacial score (nSPS) is 10.5. The Balaban J connectivity index is 2.85. The average molecular weight is 231 g/mol. The van der Waals surface area contributed by atoms with E-state index in [1.807, 2.05) is 19.1 Å². The third-order valence-corrected chi connectivity index (χ3v) is 2.78. The number of rotatable bonds is 3. The Morgan fingerprint density at radius 1 is 1.35 bits per heavy atom. The molecule has 0 atom stereocenters. The van der Waals surface area contributed by atoms with Crippen molar-refractivity contribution >= 4 is 17.2 Å². The summed E-state index contributed by atoms with van der Waals surface area (Å²) in [7, 11) is 1.57. The summed E-state index contributed by atoms with van der Waals surface area (Å²) in [5, 5.41) is 0.951. The van der Waals surface area contributed by atoms with Crippen LogP contribution < -0.4 is 10.3 Å². The lowest BCUT2D eigenvalue weighted by Crippen LogP contribution is -2.20. The smallest absolute Gasteiger partial charge is 0.251 e. The van der Waals surface area contributed by atoms with Gasteiger partial charge in [-0.05, 0) is 24.6 Å². The number of aromatic nitrogens is 1. The van der Waals surface area contributed by atoms with Crippen LogP contribution in [0, 0.1) is 6.92 Å². The van der Waals surface area contributed by atoms with E-state index in [1.54, 1.807) is 13.2 Å². The van der Waals surface area contributed by atoms with Gasteiger partial charge in [0.15, 0.2) is 0 Å². The molecule has 0 N–H and O–H groups in total. The van der Waals surface area contributed by atoms with Crippen molar-refractivity contribution in [2.24, 2.45) is 0 Å². The first-order chi connectivity index (χ1) is 8.17. The topological polar surface area (TPSA) is 48.3 Å². The fourth-order valence-corrected chi connectivity index (χ4v) is 1.92. The average Bonchev–Trinajstić information content (AvgIpc) is 2.33. The van der Waals surface area contributed by atoms with Gasteiger partial charge >= 0.3 is 0 Å².